The van der Waals surface area contributed by atoms with Crippen LogP contribution >= 0.6 is 22.9 Å². The molecule has 1 aliphatic rings. The summed E-state index contributed by atoms with van der Waals surface area (Å²) in [5.74, 6) is -4.42. The van der Waals surface area contributed by atoms with Crippen LogP contribution < -0.4 is 14.4 Å². The molecule has 1 saturated heterocycles. The predicted octanol–water partition coefficient (Wildman–Crippen LogP) is 5.63. The van der Waals surface area contributed by atoms with Gasteiger partial charge < -0.3 is 14.6 Å². The van der Waals surface area contributed by atoms with Gasteiger partial charge in [0.2, 0.25) is 0 Å². The van der Waals surface area contributed by atoms with Crippen LogP contribution in [-0.2, 0) is 9.59 Å². The van der Waals surface area contributed by atoms with Gasteiger partial charge in [-0.05, 0) is 42.1 Å². The number of aliphatic hydroxyl groups excluding tert-OH is 1. The van der Waals surface area contributed by atoms with Gasteiger partial charge in [-0.2, -0.15) is 0 Å². The van der Waals surface area contributed by atoms with Crippen molar-refractivity contribution in [2.75, 3.05) is 19.1 Å². The van der Waals surface area contributed by atoms with E-state index in [9.17, 15) is 23.5 Å². The van der Waals surface area contributed by atoms with Crippen LogP contribution in [0.15, 0.2) is 47.4 Å². The van der Waals surface area contributed by atoms with Crippen molar-refractivity contribution in [3.05, 3.63) is 80.0 Å². The van der Waals surface area contributed by atoms with Crippen LogP contribution in [0.1, 0.15) is 22.0 Å². The number of Topliss-reactive ketones (excluding diaryl/α,β-unsaturated/α-hetero) is 1. The zero-order valence-corrected chi connectivity index (χ0v) is 19.8. The number of aryl methyl sites for hydroxylation is 1. The molecule has 1 amide bonds. The lowest BCUT2D eigenvalue weighted by Crippen LogP contribution is -2.29. The first-order valence-corrected chi connectivity index (χ1v) is 11.2. The third kappa shape index (κ3) is 3.80. The van der Waals surface area contributed by atoms with E-state index in [-0.39, 0.29) is 33.3 Å². The number of ether oxygens (including phenoxy) is 2. The summed E-state index contributed by atoms with van der Waals surface area (Å²) in [6.45, 7) is 1.78. The molecule has 2 aromatic carbocycles. The fraction of sp³-hybridized carbons (Fsp3) is 0.167. The van der Waals surface area contributed by atoms with Crippen molar-refractivity contribution in [2.45, 2.75) is 13.0 Å². The largest absolute Gasteiger partial charge is 0.507 e. The number of nitrogens with zero attached hydrogens (tertiary/aromatic N) is 1. The second kappa shape index (κ2) is 9.08. The number of rotatable bonds is 5. The molecule has 0 saturated carbocycles. The van der Waals surface area contributed by atoms with Gasteiger partial charge in [-0.1, -0.05) is 11.6 Å². The molecule has 1 aromatic heterocycles. The number of aliphatic hydroxyl groups is 1. The molecular weight excluding hydrogens is 488 g/mol. The van der Waals surface area contributed by atoms with E-state index < -0.39 is 35.1 Å². The molecule has 1 aliphatic heterocycles. The van der Waals surface area contributed by atoms with Crippen LogP contribution in [0, 0.1) is 18.6 Å². The van der Waals surface area contributed by atoms with Crippen molar-refractivity contribution in [3.63, 3.8) is 0 Å². The van der Waals surface area contributed by atoms with Crippen LogP contribution in [0.2, 0.25) is 5.02 Å². The highest BCUT2D eigenvalue weighted by Crippen LogP contribution is 2.46. The molecule has 1 N–H and O–H groups in total. The standard InChI is InChI=1S/C24H18ClF2NO5S/c1-11-6-7-34-23(11)20-19(21(29)13-9-18(33-3)14(25)10-17(13)32-2)22(30)24(31)28(20)12-4-5-15(26)16(27)8-12/h4-10,20,29H,1-3H3/b21-19+. The first-order chi connectivity index (χ1) is 16.2. The van der Waals surface area contributed by atoms with Gasteiger partial charge in [-0.15, -0.1) is 11.3 Å². The highest BCUT2D eigenvalue weighted by atomic mass is 35.5. The molecule has 0 radical (unpaired) electrons. The maximum Gasteiger partial charge on any atom is 0.300 e. The Hall–Kier alpha value is -3.43. The van der Waals surface area contributed by atoms with E-state index in [1.165, 1.54) is 43.8 Å². The lowest BCUT2D eigenvalue weighted by atomic mass is 9.97. The minimum Gasteiger partial charge on any atom is -0.507 e. The van der Waals surface area contributed by atoms with E-state index in [4.69, 9.17) is 21.1 Å². The van der Waals surface area contributed by atoms with Crippen LogP contribution in [0.4, 0.5) is 14.5 Å². The highest BCUT2D eigenvalue weighted by molar-refractivity contribution is 7.10. The Morgan fingerprint density at radius 3 is 2.35 bits per heavy atom. The molecule has 34 heavy (non-hydrogen) atoms. The maximum atomic E-state index is 14.0. The summed E-state index contributed by atoms with van der Waals surface area (Å²) < 4.78 is 38.2. The number of anilines is 1. The average molecular weight is 506 g/mol. The molecule has 2 heterocycles. The van der Waals surface area contributed by atoms with Crippen molar-refractivity contribution in [1.82, 2.24) is 0 Å². The Morgan fingerprint density at radius 2 is 1.76 bits per heavy atom. The molecule has 10 heteroatoms. The second-order valence-corrected chi connectivity index (χ2v) is 8.78. The van der Waals surface area contributed by atoms with E-state index in [1.807, 2.05) is 0 Å². The Kier molecular flexibility index (Phi) is 6.33. The van der Waals surface area contributed by atoms with Crippen LogP contribution in [0.3, 0.4) is 0 Å². The topological polar surface area (TPSA) is 76.1 Å². The predicted molar refractivity (Wildman–Crippen MR) is 125 cm³/mol. The van der Waals surface area contributed by atoms with Gasteiger partial charge in [-0.25, -0.2) is 8.78 Å². The number of thiophene rings is 1. The van der Waals surface area contributed by atoms with E-state index >= 15 is 0 Å². The quantitative estimate of drug-likeness (QED) is 0.276. The van der Waals surface area contributed by atoms with Crippen molar-refractivity contribution in [2.24, 2.45) is 0 Å². The van der Waals surface area contributed by atoms with E-state index in [1.54, 1.807) is 18.4 Å². The monoisotopic (exact) mass is 505 g/mol. The highest BCUT2D eigenvalue weighted by Gasteiger charge is 2.48. The minimum atomic E-state index is -1.18. The summed E-state index contributed by atoms with van der Waals surface area (Å²) in [6.07, 6.45) is 0. The zero-order valence-electron chi connectivity index (χ0n) is 18.2. The molecule has 4 rings (SSSR count). The van der Waals surface area contributed by atoms with Crippen molar-refractivity contribution in [1.29, 1.82) is 0 Å². The van der Waals surface area contributed by atoms with Crippen LogP contribution in [0.25, 0.3) is 5.76 Å². The van der Waals surface area contributed by atoms with E-state index in [2.05, 4.69) is 0 Å². The fourth-order valence-electron chi connectivity index (χ4n) is 3.84. The number of hydrogen-bond acceptors (Lipinski definition) is 6. The van der Waals surface area contributed by atoms with Gasteiger partial charge >= 0.3 is 0 Å². The van der Waals surface area contributed by atoms with Gasteiger partial charge in [0.25, 0.3) is 11.7 Å². The molecule has 176 valence electrons. The van der Waals surface area contributed by atoms with Gasteiger partial charge in [-0.3, -0.25) is 14.5 Å². The Balaban J connectivity index is 2.00. The number of methoxy groups -OCH3 is 2. The molecule has 6 nitrogen and oxygen atoms in total. The summed E-state index contributed by atoms with van der Waals surface area (Å²) in [5, 5.41) is 13.3. The third-order valence-corrected chi connectivity index (χ3v) is 6.87. The SMILES string of the molecule is COc1cc(/C(O)=C2\C(=O)C(=O)N(c3ccc(F)c(F)c3)C2c2sccc2C)c(OC)cc1Cl. The molecule has 1 atom stereocenters. The van der Waals surface area contributed by atoms with Crippen LogP contribution in [-0.4, -0.2) is 31.0 Å². The first-order valence-electron chi connectivity index (χ1n) is 9.91. The first kappa shape index (κ1) is 23.7. The zero-order chi connectivity index (χ0) is 24.7. The second-order valence-electron chi connectivity index (χ2n) is 7.42. The van der Waals surface area contributed by atoms with Crippen LogP contribution in [0.5, 0.6) is 11.5 Å². The molecular formula is C24H18ClF2NO5S. The molecule has 0 aliphatic carbocycles. The molecule has 1 fully saturated rings. The van der Waals surface area contributed by atoms with Crippen molar-refractivity contribution >= 4 is 46.1 Å². The Morgan fingerprint density at radius 1 is 1.06 bits per heavy atom. The van der Waals surface area contributed by atoms with Gasteiger partial charge in [0, 0.05) is 22.7 Å². The number of ketones is 1. The average Bonchev–Trinajstić information content (AvgIpc) is 3.35. The number of carbonyl (C=O) groups excluding carboxylic acids is 2. The number of hydrogen-bond donors (Lipinski definition) is 1. The van der Waals surface area contributed by atoms with Gasteiger partial charge in [0.1, 0.15) is 23.3 Å². The van der Waals surface area contributed by atoms with E-state index in [0.717, 1.165) is 22.6 Å². The lowest BCUT2D eigenvalue weighted by molar-refractivity contribution is -0.132. The lowest BCUT2D eigenvalue weighted by Gasteiger charge is -2.25. The third-order valence-electron chi connectivity index (χ3n) is 5.50. The smallest absolute Gasteiger partial charge is 0.300 e. The van der Waals surface area contributed by atoms with E-state index in [0.29, 0.717) is 4.88 Å². The molecule has 1 unspecified atom stereocenters. The number of amides is 1. The number of halogens is 3. The molecule has 0 spiro atoms. The summed E-state index contributed by atoms with van der Waals surface area (Å²) in [6, 6.07) is 6.41. The summed E-state index contributed by atoms with van der Waals surface area (Å²) in [4.78, 5) is 28.0. The summed E-state index contributed by atoms with van der Waals surface area (Å²) in [7, 11) is 2.74. The number of carbonyl (C=O) groups is 2. The summed E-state index contributed by atoms with van der Waals surface area (Å²) in [5.41, 5.74) is 0.559. The number of benzene rings is 2. The van der Waals surface area contributed by atoms with Gasteiger partial charge in [0.15, 0.2) is 11.6 Å². The maximum absolute atomic E-state index is 14.0. The molecule has 3 aromatic rings. The fourth-order valence-corrected chi connectivity index (χ4v) is 5.09. The van der Waals surface area contributed by atoms with Gasteiger partial charge in [0.05, 0.1) is 30.4 Å². The van der Waals surface area contributed by atoms with Crippen molar-refractivity contribution in [3.8, 4) is 11.5 Å². The Bertz CT molecular complexity index is 1350. The minimum absolute atomic E-state index is 0.0292. The van der Waals surface area contributed by atoms with Crippen molar-refractivity contribution < 1.29 is 33.0 Å². The summed E-state index contributed by atoms with van der Waals surface area (Å²) >= 11 is 7.42. The normalized spacial score (nSPS) is 17.4. The Labute approximate surface area is 202 Å². The molecule has 0 bridgehead atoms.